The molecule has 1 aromatic heterocycles. The average molecular weight is 303 g/mol. The van der Waals surface area contributed by atoms with Gasteiger partial charge >= 0.3 is 0 Å². The summed E-state index contributed by atoms with van der Waals surface area (Å²) in [5.74, 6) is 0. The predicted molar refractivity (Wildman–Crippen MR) is 87.0 cm³/mol. The van der Waals surface area contributed by atoms with Crippen molar-refractivity contribution >= 4 is 0 Å². The van der Waals surface area contributed by atoms with Crippen LogP contribution in [-0.2, 0) is 11.2 Å². The molecule has 2 heterocycles. The molecule has 1 spiro atoms. The lowest BCUT2D eigenvalue weighted by Gasteiger charge is -2.48. The zero-order valence-electron chi connectivity index (χ0n) is 14.0. The maximum Gasteiger partial charge on any atom is 0.0697 e. The molecule has 2 atom stereocenters. The summed E-state index contributed by atoms with van der Waals surface area (Å²) < 4.78 is 8.32. The lowest BCUT2D eigenvalue weighted by Crippen LogP contribution is -2.51. The van der Waals surface area contributed by atoms with Crippen molar-refractivity contribution < 1.29 is 4.74 Å². The highest BCUT2D eigenvalue weighted by Gasteiger charge is 2.43. The zero-order chi connectivity index (χ0) is 15.2. The summed E-state index contributed by atoms with van der Waals surface area (Å²) in [5.41, 5.74) is 3.14. The van der Waals surface area contributed by atoms with E-state index in [9.17, 15) is 0 Å². The van der Waals surface area contributed by atoms with Crippen LogP contribution in [-0.4, -0.2) is 28.0 Å². The number of ether oxygens (including phenoxy) is 1. The Morgan fingerprint density at radius 2 is 2.18 bits per heavy atom. The van der Waals surface area contributed by atoms with Gasteiger partial charge in [0.1, 0.15) is 0 Å². The van der Waals surface area contributed by atoms with E-state index >= 15 is 0 Å². The Hall–Kier alpha value is -0.870. The Kier molecular flexibility index (Phi) is 3.77. The maximum atomic E-state index is 6.08. The van der Waals surface area contributed by atoms with Crippen molar-refractivity contribution in [2.45, 2.75) is 88.9 Å². The Morgan fingerprint density at radius 1 is 1.32 bits per heavy atom. The van der Waals surface area contributed by atoms with Gasteiger partial charge in [-0.1, -0.05) is 0 Å². The van der Waals surface area contributed by atoms with E-state index in [2.05, 4.69) is 35.1 Å². The number of aryl methyl sites for hydroxylation is 1. The third-order valence-electron chi connectivity index (χ3n) is 5.87. The number of aromatic nitrogens is 2. The van der Waals surface area contributed by atoms with E-state index in [4.69, 9.17) is 4.74 Å². The molecule has 0 bridgehead atoms. The van der Waals surface area contributed by atoms with Crippen LogP contribution in [0.3, 0.4) is 0 Å². The SMILES string of the molecule is CC(C)n1ncc2c1C(NC1CCOC3(CCC3)C1)CCC2. The van der Waals surface area contributed by atoms with Crippen LogP contribution in [0.25, 0.3) is 0 Å². The first-order chi connectivity index (χ1) is 10.7. The molecule has 1 aromatic rings. The minimum Gasteiger partial charge on any atom is -0.375 e. The third-order valence-corrected chi connectivity index (χ3v) is 5.87. The van der Waals surface area contributed by atoms with Gasteiger partial charge in [0.2, 0.25) is 0 Å². The second-order valence-corrected chi connectivity index (χ2v) is 7.78. The van der Waals surface area contributed by atoms with E-state index in [-0.39, 0.29) is 5.60 Å². The molecular weight excluding hydrogens is 274 g/mol. The van der Waals surface area contributed by atoms with E-state index < -0.39 is 0 Å². The predicted octanol–water partition coefficient (Wildman–Crippen LogP) is 3.53. The highest BCUT2D eigenvalue weighted by Crippen LogP contribution is 2.43. The Labute approximate surface area is 133 Å². The van der Waals surface area contributed by atoms with Gasteiger partial charge in [0.15, 0.2) is 0 Å². The fourth-order valence-electron chi connectivity index (χ4n) is 4.56. The van der Waals surface area contributed by atoms with Gasteiger partial charge < -0.3 is 10.1 Å². The van der Waals surface area contributed by atoms with Crippen LogP contribution in [0, 0.1) is 0 Å². The second-order valence-electron chi connectivity index (χ2n) is 7.78. The number of hydrogen-bond donors (Lipinski definition) is 1. The molecule has 2 unspecified atom stereocenters. The van der Waals surface area contributed by atoms with E-state index in [1.807, 2.05) is 0 Å². The number of nitrogens with zero attached hydrogens (tertiary/aromatic N) is 2. The molecule has 2 fully saturated rings. The van der Waals surface area contributed by atoms with Gasteiger partial charge in [-0.25, -0.2) is 0 Å². The molecule has 4 rings (SSSR count). The lowest BCUT2D eigenvalue weighted by atomic mass is 9.73. The topological polar surface area (TPSA) is 39.1 Å². The van der Waals surface area contributed by atoms with Gasteiger partial charge in [0.25, 0.3) is 0 Å². The first-order valence-corrected chi connectivity index (χ1v) is 9.13. The summed E-state index contributed by atoms with van der Waals surface area (Å²) >= 11 is 0. The molecule has 0 radical (unpaired) electrons. The van der Waals surface area contributed by atoms with Gasteiger partial charge in [0.05, 0.1) is 17.5 Å². The first-order valence-electron chi connectivity index (χ1n) is 9.13. The molecule has 4 nitrogen and oxygen atoms in total. The summed E-state index contributed by atoms with van der Waals surface area (Å²) in [4.78, 5) is 0. The van der Waals surface area contributed by atoms with Crippen molar-refractivity contribution in [2.75, 3.05) is 6.61 Å². The van der Waals surface area contributed by atoms with Crippen molar-refractivity contribution in [3.63, 3.8) is 0 Å². The standard InChI is InChI=1S/C18H29N3O/c1-13(2)21-17-14(12-19-21)5-3-6-16(17)20-15-7-10-22-18(11-15)8-4-9-18/h12-13,15-16,20H,3-11H2,1-2H3. The van der Waals surface area contributed by atoms with Crippen molar-refractivity contribution in [3.05, 3.63) is 17.5 Å². The molecule has 1 saturated carbocycles. The monoisotopic (exact) mass is 303 g/mol. The molecule has 1 N–H and O–H groups in total. The Bertz CT molecular complexity index is 532. The third kappa shape index (κ3) is 2.50. The van der Waals surface area contributed by atoms with Gasteiger partial charge in [-0.2, -0.15) is 5.10 Å². The number of rotatable bonds is 3. The van der Waals surface area contributed by atoms with E-state index in [0.717, 1.165) is 13.0 Å². The minimum atomic E-state index is 0.228. The van der Waals surface area contributed by atoms with Gasteiger partial charge in [0, 0.05) is 24.7 Å². The van der Waals surface area contributed by atoms with Crippen molar-refractivity contribution in [3.8, 4) is 0 Å². The van der Waals surface area contributed by atoms with Crippen LogP contribution >= 0.6 is 0 Å². The summed E-state index contributed by atoms with van der Waals surface area (Å²) in [5, 5.41) is 8.63. The molecule has 3 aliphatic rings. The molecule has 0 aromatic carbocycles. The van der Waals surface area contributed by atoms with Gasteiger partial charge in [-0.15, -0.1) is 0 Å². The quantitative estimate of drug-likeness (QED) is 0.928. The van der Waals surface area contributed by atoms with Crippen LogP contribution in [0.5, 0.6) is 0 Å². The highest BCUT2D eigenvalue weighted by molar-refractivity contribution is 5.25. The maximum absolute atomic E-state index is 6.08. The van der Waals surface area contributed by atoms with Crippen molar-refractivity contribution in [1.29, 1.82) is 0 Å². The molecular formula is C18H29N3O. The molecule has 2 aliphatic carbocycles. The molecule has 1 saturated heterocycles. The minimum absolute atomic E-state index is 0.228. The Balaban J connectivity index is 1.51. The second kappa shape index (κ2) is 5.64. The lowest BCUT2D eigenvalue weighted by molar-refractivity contribution is -0.136. The van der Waals surface area contributed by atoms with Gasteiger partial charge in [-0.05, 0) is 70.8 Å². The van der Waals surface area contributed by atoms with Crippen LogP contribution in [0.4, 0.5) is 0 Å². The highest BCUT2D eigenvalue weighted by atomic mass is 16.5. The smallest absolute Gasteiger partial charge is 0.0697 e. The van der Waals surface area contributed by atoms with E-state index in [1.165, 1.54) is 56.2 Å². The van der Waals surface area contributed by atoms with Crippen LogP contribution < -0.4 is 5.32 Å². The van der Waals surface area contributed by atoms with Crippen molar-refractivity contribution in [2.24, 2.45) is 0 Å². The molecule has 1 aliphatic heterocycles. The largest absolute Gasteiger partial charge is 0.375 e. The summed E-state index contributed by atoms with van der Waals surface area (Å²) in [6.07, 6.45) is 12.1. The number of hydrogen-bond acceptors (Lipinski definition) is 3. The molecule has 22 heavy (non-hydrogen) atoms. The zero-order valence-corrected chi connectivity index (χ0v) is 14.0. The molecule has 4 heteroatoms. The fourth-order valence-corrected chi connectivity index (χ4v) is 4.56. The summed E-state index contributed by atoms with van der Waals surface area (Å²) in [6, 6.07) is 1.54. The summed E-state index contributed by atoms with van der Waals surface area (Å²) in [7, 11) is 0. The average Bonchev–Trinajstić information content (AvgIpc) is 2.91. The van der Waals surface area contributed by atoms with E-state index in [1.54, 1.807) is 0 Å². The van der Waals surface area contributed by atoms with Crippen molar-refractivity contribution in [1.82, 2.24) is 15.1 Å². The number of nitrogens with one attached hydrogen (secondary N) is 1. The Morgan fingerprint density at radius 3 is 2.91 bits per heavy atom. The fraction of sp³-hybridized carbons (Fsp3) is 0.833. The van der Waals surface area contributed by atoms with Crippen LogP contribution in [0.15, 0.2) is 6.20 Å². The molecule has 0 amide bonds. The first kappa shape index (κ1) is 14.7. The normalized spacial score (nSPS) is 30.3. The van der Waals surface area contributed by atoms with Crippen LogP contribution in [0.2, 0.25) is 0 Å². The number of fused-ring (bicyclic) bond motifs is 1. The van der Waals surface area contributed by atoms with Gasteiger partial charge in [-0.3, -0.25) is 4.68 Å². The van der Waals surface area contributed by atoms with Crippen LogP contribution in [0.1, 0.15) is 82.1 Å². The molecule has 122 valence electrons. The summed E-state index contributed by atoms with van der Waals surface area (Å²) in [6.45, 7) is 5.40. The van der Waals surface area contributed by atoms with E-state index in [0.29, 0.717) is 18.1 Å².